The number of carboxylic acid groups (broad SMARTS) is 1. The van der Waals surface area contributed by atoms with Crippen LogP contribution in [-0.4, -0.2) is 41.1 Å². The summed E-state index contributed by atoms with van der Waals surface area (Å²) < 4.78 is 0. The number of rotatable bonds is 4. The van der Waals surface area contributed by atoms with Crippen molar-refractivity contribution in [3.05, 3.63) is 0 Å². The van der Waals surface area contributed by atoms with Crippen molar-refractivity contribution in [3.8, 4) is 0 Å². The van der Waals surface area contributed by atoms with Gasteiger partial charge in [-0.1, -0.05) is 27.2 Å². The first kappa shape index (κ1) is 14.8. The maximum absolute atomic E-state index is 12.0. The summed E-state index contributed by atoms with van der Waals surface area (Å²) in [6.45, 7) is 7.71. The fourth-order valence-electron chi connectivity index (χ4n) is 2.10. The third-order valence-electron chi connectivity index (χ3n) is 3.58. The molecule has 1 heterocycles. The van der Waals surface area contributed by atoms with Crippen molar-refractivity contribution in [2.24, 2.45) is 5.41 Å². The number of carbonyl (C=O) groups is 2. The lowest BCUT2D eigenvalue weighted by Gasteiger charge is -2.37. The fraction of sp³-hybridized carbons (Fsp3) is 0.846. The van der Waals surface area contributed by atoms with Gasteiger partial charge in [-0.2, -0.15) is 0 Å². The number of nitrogens with zero attached hydrogens (tertiary/aromatic N) is 1. The molecule has 0 aromatic heterocycles. The molecule has 1 fully saturated rings. The average Bonchev–Trinajstić information content (AvgIpc) is 2.28. The van der Waals surface area contributed by atoms with E-state index < -0.39 is 12.0 Å². The Hall–Kier alpha value is -1.26. The van der Waals surface area contributed by atoms with Crippen LogP contribution >= 0.6 is 0 Å². The van der Waals surface area contributed by atoms with Gasteiger partial charge in [0, 0.05) is 13.1 Å². The minimum atomic E-state index is -0.956. The van der Waals surface area contributed by atoms with Gasteiger partial charge in [0.15, 0.2) is 0 Å². The Morgan fingerprint density at radius 3 is 2.33 bits per heavy atom. The van der Waals surface area contributed by atoms with E-state index in [9.17, 15) is 9.59 Å². The number of amides is 2. The summed E-state index contributed by atoms with van der Waals surface area (Å²) in [6, 6.07) is -1.01. The largest absolute Gasteiger partial charge is 0.480 e. The Morgan fingerprint density at radius 1 is 1.33 bits per heavy atom. The number of hydrogen-bond donors (Lipinski definition) is 2. The van der Waals surface area contributed by atoms with Crippen LogP contribution in [0.5, 0.6) is 0 Å². The molecule has 0 saturated carbocycles. The molecule has 1 saturated heterocycles. The van der Waals surface area contributed by atoms with Crippen LogP contribution in [0.2, 0.25) is 0 Å². The number of urea groups is 1. The third kappa shape index (κ3) is 4.20. The van der Waals surface area contributed by atoms with Crippen LogP contribution in [0.25, 0.3) is 0 Å². The number of likely N-dealkylation sites (tertiary alicyclic amines) is 1. The second-order valence-corrected chi connectivity index (χ2v) is 5.78. The van der Waals surface area contributed by atoms with Crippen LogP contribution in [0, 0.1) is 5.41 Å². The van der Waals surface area contributed by atoms with Crippen LogP contribution in [0.4, 0.5) is 4.79 Å². The molecule has 1 atom stereocenters. The molecule has 104 valence electrons. The third-order valence-corrected chi connectivity index (χ3v) is 3.58. The zero-order chi connectivity index (χ0) is 13.8. The zero-order valence-corrected chi connectivity index (χ0v) is 11.5. The monoisotopic (exact) mass is 256 g/mol. The average molecular weight is 256 g/mol. The summed E-state index contributed by atoms with van der Waals surface area (Å²) in [5, 5.41) is 11.6. The van der Waals surface area contributed by atoms with Crippen molar-refractivity contribution >= 4 is 12.0 Å². The van der Waals surface area contributed by atoms with Gasteiger partial charge in [-0.3, -0.25) is 0 Å². The molecular formula is C13H24N2O3. The Labute approximate surface area is 109 Å². The number of carboxylic acids is 1. The van der Waals surface area contributed by atoms with E-state index in [4.69, 9.17) is 5.11 Å². The molecule has 1 aliphatic rings. The van der Waals surface area contributed by atoms with Gasteiger partial charge < -0.3 is 15.3 Å². The van der Waals surface area contributed by atoms with Gasteiger partial charge in [-0.05, 0) is 24.7 Å². The molecule has 0 spiro atoms. The predicted octanol–water partition coefficient (Wildman–Crippen LogP) is 2.07. The Balaban J connectivity index is 2.47. The number of piperidine rings is 1. The van der Waals surface area contributed by atoms with Crippen molar-refractivity contribution in [1.29, 1.82) is 0 Å². The molecule has 1 aliphatic heterocycles. The maximum Gasteiger partial charge on any atom is 0.326 e. The summed E-state index contributed by atoms with van der Waals surface area (Å²) >= 11 is 0. The molecule has 0 aliphatic carbocycles. The predicted molar refractivity (Wildman–Crippen MR) is 69.5 cm³/mol. The lowest BCUT2D eigenvalue weighted by Crippen LogP contribution is -2.51. The summed E-state index contributed by atoms with van der Waals surface area (Å²) in [6.07, 6.45) is 3.14. The fourth-order valence-corrected chi connectivity index (χ4v) is 2.10. The zero-order valence-electron chi connectivity index (χ0n) is 11.5. The molecule has 1 unspecified atom stereocenters. The topological polar surface area (TPSA) is 69.6 Å². The minimum absolute atomic E-state index is 0.244. The lowest BCUT2D eigenvalue weighted by atomic mass is 9.83. The highest BCUT2D eigenvalue weighted by molar-refractivity contribution is 5.82. The number of nitrogens with one attached hydrogen (secondary N) is 1. The van der Waals surface area contributed by atoms with Gasteiger partial charge in [0.1, 0.15) is 6.04 Å². The van der Waals surface area contributed by atoms with E-state index in [-0.39, 0.29) is 11.4 Å². The van der Waals surface area contributed by atoms with E-state index in [1.165, 1.54) is 0 Å². The highest BCUT2D eigenvalue weighted by Crippen LogP contribution is 2.29. The van der Waals surface area contributed by atoms with E-state index in [2.05, 4.69) is 19.2 Å². The summed E-state index contributed by atoms with van der Waals surface area (Å²) in [4.78, 5) is 24.6. The minimum Gasteiger partial charge on any atom is -0.480 e. The van der Waals surface area contributed by atoms with Gasteiger partial charge >= 0.3 is 12.0 Å². The smallest absolute Gasteiger partial charge is 0.326 e. The number of aliphatic carboxylic acids is 1. The van der Waals surface area contributed by atoms with Crippen LogP contribution < -0.4 is 5.32 Å². The van der Waals surface area contributed by atoms with Gasteiger partial charge in [-0.15, -0.1) is 0 Å². The van der Waals surface area contributed by atoms with Gasteiger partial charge in [0.2, 0.25) is 0 Å². The second-order valence-electron chi connectivity index (χ2n) is 5.78. The van der Waals surface area contributed by atoms with E-state index in [1.807, 2.05) is 6.92 Å². The van der Waals surface area contributed by atoms with E-state index in [0.29, 0.717) is 19.5 Å². The SMILES string of the molecule is CCCC(NC(=O)N1CCC(C)(C)CC1)C(=O)O. The van der Waals surface area contributed by atoms with Crippen molar-refractivity contribution in [1.82, 2.24) is 10.2 Å². The highest BCUT2D eigenvalue weighted by atomic mass is 16.4. The molecular weight excluding hydrogens is 232 g/mol. The molecule has 5 heteroatoms. The Morgan fingerprint density at radius 2 is 1.89 bits per heavy atom. The Kier molecular flexibility index (Phi) is 4.99. The van der Waals surface area contributed by atoms with Crippen LogP contribution in [0.3, 0.4) is 0 Å². The van der Waals surface area contributed by atoms with Crippen molar-refractivity contribution < 1.29 is 14.7 Å². The second kappa shape index (κ2) is 6.07. The van der Waals surface area contributed by atoms with Gasteiger partial charge in [-0.25, -0.2) is 9.59 Å². The van der Waals surface area contributed by atoms with Crippen LogP contribution in [0.15, 0.2) is 0 Å². The maximum atomic E-state index is 12.0. The Bertz CT molecular complexity index is 305. The number of hydrogen-bond acceptors (Lipinski definition) is 2. The molecule has 1 rings (SSSR count). The van der Waals surface area contributed by atoms with Gasteiger partial charge in [0.25, 0.3) is 0 Å². The molecule has 0 bridgehead atoms. The van der Waals surface area contributed by atoms with E-state index >= 15 is 0 Å². The molecule has 0 aromatic rings. The standard InChI is InChI=1S/C13H24N2O3/c1-4-5-10(11(16)17)14-12(18)15-8-6-13(2,3)7-9-15/h10H,4-9H2,1-3H3,(H,14,18)(H,16,17). The quantitative estimate of drug-likeness (QED) is 0.809. The normalized spacial score (nSPS) is 20.3. The summed E-state index contributed by atoms with van der Waals surface area (Å²) in [5.41, 5.74) is 0.284. The first-order valence-corrected chi connectivity index (χ1v) is 6.64. The molecule has 18 heavy (non-hydrogen) atoms. The van der Waals surface area contributed by atoms with Crippen LogP contribution in [-0.2, 0) is 4.79 Å². The van der Waals surface area contributed by atoms with Crippen LogP contribution in [0.1, 0.15) is 46.5 Å². The molecule has 2 N–H and O–H groups in total. The van der Waals surface area contributed by atoms with Crippen molar-refractivity contribution in [2.45, 2.75) is 52.5 Å². The van der Waals surface area contributed by atoms with E-state index in [0.717, 1.165) is 19.3 Å². The lowest BCUT2D eigenvalue weighted by molar-refractivity contribution is -0.139. The first-order chi connectivity index (χ1) is 8.35. The van der Waals surface area contributed by atoms with Crippen molar-refractivity contribution in [3.63, 3.8) is 0 Å². The molecule has 5 nitrogen and oxygen atoms in total. The number of carbonyl (C=O) groups excluding carboxylic acids is 1. The first-order valence-electron chi connectivity index (χ1n) is 6.64. The summed E-state index contributed by atoms with van der Waals surface area (Å²) in [5.74, 6) is -0.956. The molecule has 0 aromatic carbocycles. The molecule has 0 radical (unpaired) electrons. The molecule has 2 amide bonds. The van der Waals surface area contributed by atoms with E-state index in [1.54, 1.807) is 4.90 Å². The highest BCUT2D eigenvalue weighted by Gasteiger charge is 2.29. The van der Waals surface area contributed by atoms with Crippen molar-refractivity contribution in [2.75, 3.05) is 13.1 Å². The van der Waals surface area contributed by atoms with Gasteiger partial charge in [0.05, 0.1) is 0 Å². The summed E-state index contributed by atoms with van der Waals surface area (Å²) in [7, 11) is 0.